The van der Waals surface area contributed by atoms with E-state index in [4.69, 9.17) is 9.97 Å². The van der Waals surface area contributed by atoms with Crippen molar-refractivity contribution in [2.45, 2.75) is 46.1 Å². The molecule has 0 aliphatic carbocycles. The Labute approximate surface area is 183 Å². The lowest BCUT2D eigenvalue weighted by Gasteiger charge is -2.34. The van der Waals surface area contributed by atoms with E-state index in [1.807, 2.05) is 32.9 Å². The zero-order valence-corrected chi connectivity index (χ0v) is 18.4. The number of benzene rings is 2. The van der Waals surface area contributed by atoms with Gasteiger partial charge in [0.05, 0.1) is 11.1 Å². The summed E-state index contributed by atoms with van der Waals surface area (Å²) in [6.07, 6.45) is 2.61. The summed E-state index contributed by atoms with van der Waals surface area (Å²) < 4.78 is 0. The molecule has 0 saturated carbocycles. The van der Waals surface area contributed by atoms with Crippen LogP contribution in [0.1, 0.15) is 38.7 Å². The van der Waals surface area contributed by atoms with Crippen LogP contribution in [0.3, 0.4) is 0 Å². The Bertz CT molecular complexity index is 1090. The third kappa shape index (κ3) is 4.48. The quantitative estimate of drug-likeness (QED) is 0.640. The van der Waals surface area contributed by atoms with Gasteiger partial charge in [0.1, 0.15) is 11.6 Å². The molecule has 1 aliphatic heterocycles. The van der Waals surface area contributed by atoms with E-state index in [0.29, 0.717) is 11.4 Å². The van der Waals surface area contributed by atoms with Crippen molar-refractivity contribution in [3.63, 3.8) is 0 Å². The number of rotatable bonds is 5. The lowest BCUT2D eigenvalue weighted by atomic mass is 10.0. The van der Waals surface area contributed by atoms with E-state index in [2.05, 4.69) is 28.4 Å². The maximum absolute atomic E-state index is 12.3. The molecule has 1 saturated heterocycles. The van der Waals surface area contributed by atoms with Crippen LogP contribution < -0.4 is 10.2 Å². The molecule has 2 heterocycles. The Hall–Kier alpha value is -3.15. The third-order valence-electron chi connectivity index (χ3n) is 6.18. The van der Waals surface area contributed by atoms with Gasteiger partial charge < -0.3 is 15.3 Å². The van der Waals surface area contributed by atoms with Crippen molar-refractivity contribution in [3.05, 3.63) is 48.0 Å². The number of para-hydroxylation sites is 1. The topological polar surface area (TPSA) is 78.4 Å². The molecule has 1 fully saturated rings. The fourth-order valence-electron chi connectivity index (χ4n) is 4.01. The van der Waals surface area contributed by atoms with E-state index in [1.54, 1.807) is 12.1 Å². The summed E-state index contributed by atoms with van der Waals surface area (Å²) in [7, 11) is 0. The summed E-state index contributed by atoms with van der Waals surface area (Å²) in [6, 6.07) is 13.6. The molecule has 0 radical (unpaired) electrons. The number of aromatic hydroxyl groups is 1. The van der Waals surface area contributed by atoms with E-state index < -0.39 is 0 Å². The van der Waals surface area contributed by atoms with E-state index in [1.165, 1.54) is 0 Å². The average Bonchev–Trinajstić information content (AvgIpc) is 2.78. The molecule has 6 heteroatoms. The number of phenols is 1. The number of nitrogens with zero attached hydrogens (tertiary/aromatic N) is 3. The number of fused-ring (bicyclic) bond motifs is 1. The number of carbonyl (C=O) groups is 1. The highest BCUT2D eigenvalue weighted by atomic mass is 16.3. The minimum Gasteiger partial charge on any atom is -0.507 e. The normalized spacial score (nSPS) is 15.8. The van der Waals surface area contributed by atoms with E-state index in [-0.39, 0.29) is 23.6 Å². The van der Waals surface area contributed by atoms with Crippen LogP contribution in [0.25, 0.3) is 22.3 Å². The molecule has 1 atom stereocenters. The second-order valence-corrected chi connectivity index (χ2v) is 8.49. The monoisotopic (exact) mass is 418 g/mol. The number of nitrogens with one attached hydrogen (secondary N) is 1. The number of aromatic nitrogens is 2. The Kier molecular flexibility index (Phi) is 6.07. The highest BCUT2D eigenvalue weighted by molar-refractivity contribution is 5.92. The predicted octanol–water partition coefficient (Wildman–Crippen LogP) is 4.44. The minimum atomic E-state index is 0.0492. The number of anilines is 1. The number of hydrogen-bond donors (Lipinski definition) is 2. The van der Waals surface area contributed by atoms with Crippen LogP contribution in [0.4, 0.5) is 5.82 Å². The van der Waals surface area contributed by atoms with Crippen molar-refractivity contribution in [1.82, 2.24) is 15.3 Å². The molecule has 4 rings (SSSR count). The largest absolute Gasteiger partial charge is 0.507 e. The maximum Gasteiger partial charge on any atom is 0.223 e. The molecule has 1 unspecified atom stereocenters. The van der Waals surface area contributed by atoms with Gasteiger partial charge in [-0.25, -0.2) is 9.97 Å². The molecule has 6 nitrogen and oxygen atoms in total. The maximum atomic E-state index is 12.3. The SMILES string of the molecule is CCC(C)C(=O)NC1CCN(c2nc(-c3ccccc3O)nc3cc(C)ccc23)CC1. The summed E-state index contributed by atoms with van der Waals surface area (Å²) in [5, 5.41) is 14.5. The fraction of sp³-hybridized carbons (Fsp3) is 0.400. The summed E-state index contributed by atoms with van der Waals surface area (Å²) >= 11 is 0. The Morgan fingerprint density at radius 2 is 1.94 bits per heavy atom. The Balaban J connectivity index is 1.63. The summed E-state index contributed by atoms with van der Waals surface area (Å²) in [4.78, 5) is 24.2. The number of amides is 1. The Morgan fingerprint density at radius 1 is 1.19 bits per heavy atom. The third-order valence-corrected chi connectivity index (χ3v) is 6.18. The molecule has 0 spiro atoms. The van der Waals surface area contributed by atoms with E-state index in [9.17, 15) is 9.90 Å². The molecular formula is C25H30N4O2. The van der Waals surface area contributed by atoms with Gasteiger partial charge in [-0.3, -0.25) is 4.79 Å². The molecule has 1 aliphatic rings. The van der Waals surface area contributed by atoms with Crippen LogP contribution in [-0.4, -0.2) is 40.1 Å². The summed E-state index contributed by atoms with van der Waals surface area (Å²) in [5.41, 5.74) is 2.63. The molecule has 162 valence electrons. The summed E-state index contributed by atoms with van der Waals surface area (Å²) in [6.45, 7) is 7.68. The number of hydrogen-bond acceptors (Lipinski definition) is 5. The first-order valence-electron chi connectivity index (χ1n) is 11.1. The lowest BCUT2D eigenvalue weighted by molar-refractivity contribution is -0.125. The number of aryl methyl sites for hydroxylation is 1. The predicted molar refractivity (Wildman–Crippen MR) is 124 cm³/mol. The lowest BCUT2D eigenvalue weighted by Crippen LogP contribution is -2.46. The molecule has 0 bridgehead atoms. The van der Waals surface area contributed by atoms with Crippen molar-refractivity contribution in [2.24, 2.45) is 5.92 Å². The van der Waals surface area contributed by atoms with Crippen LogP contribution in [0.15, 0.2) is 42.5 Å². The highest BCUT2D eigenvalue weighted by Crippen LogP contribution is 2.33. The van der Waals surface area contributed by atoms with Crippen LogP contribution >= 0.6 is 0 Å². The van der Waals surface area contributed by atoms with Crippen molar-refractivity contribution in [2.75, 3.05) is 18.0 Å². The van der Waals surface area contributed by atoms with Crippen LogP contribution in [0.2, 0.25) is 0 Å². The Morgan fingerprint density at radius 3 is 2.65 bits per heavy atom. The van der Waals surface area contributed by atoms with Gasteiger partial charge in [-0.05, 0) is 56.0 Å². The van der Waals surface area contributed by atoms with Crippen LogP contribution in [-0.2, 0) is 4.79 Å². The standard InChI is InChI=1S/C25H30N4O2/c1-4-17(3)25(31)26-18-11-13-29(14-12-18)24-19-10-9-16(2)15-21(19)27-23(28-24)20-7-5-6-8-22(20)30/h5-10,15,17-18,30H,4,11-14H2,1-3H3,(H,26,31). The second-order valence-electron chi connectivity index (χ2n) is 8.49. The smallest absolute Gasteiger partial charge is 0.223 e. The van der Waals surface area contributed by atoms with E-state index in [0.717, 1.165) is 54.6 Å². The first kappa shape index (κ1) is 21.1. The van der Waals surface area contributed by atoms with Crippen molar-refractivity contribution >= 4 is 22.6 Å². The second kappa shape index (κ2) is 8.92. The van der Waals surface area contributed by atoms with Gasteiger partial charge in [0, 0.05) is 30.4 Å². The minimum absolute atomic E-state index is 0.0492. The van der Waals surface area contributed by atoms with Crippen LogP contribution in [0, 0.1) is 12.8 Å². The number of phenolic OH excluding ortho intramolecular Hbond substituents is 1. The van der Waals surface area contributed by atoms with Crippen molar-refractivity contribution in [3.8, 4) is 17.1 Å². The highest BCUT2D eigenvalue weighted by Gasteiger charge is 2.25. The van der Waals surface area contributed by atoms with Gasteiger partial charge in [0.25, 0.3) is 0 Å². The van der Waals surface area contributed by atoms with Gasteiger partial charge in [-0.15, -0.1) is 0 Å². The van der Waals surface area contributed by atoms with E-state index >= 15 is 0 Å². The molecule has 1 aromatic heterocycles. The zero-order valence-electron chi connectivity index (χ0n) is 18.4. The molecule has 2 N–H and O–H groups in total. The van der Waals surface area contributed by atoms with Gasteiger partial charge in [-0.1, -0.05) is 32.0 Å². The molecule has 1 amide bonds. The molecular weight excluding hydrogens is 388 g/mol. The fourth-order valence-corrected chi connectivity index (χ4v) is 4.01. The number of piperidine rings is 1. The van der Waals surface area contributed by atoms with Gasteiger partial charge in [0.2, 0.25) is 5.91 Å². The number of carbonyl (C=O) groups excluding carboxylic acids is 1. The van der Waals surface area contributed by atoms with Crippen LogP contribution in [0.5, 0.6) is 5.75 Å². The van der Waals surface area contributed by atoms with Gasteiger partial charge >= 0.3 is 0 Å². The first-order valence-corrected chi connectivity index (χ1v) is 11.1. The summed E-state index contributed by atoms with van der Waals surface area (Å²) in [5.74, 6) is 1.78. The van der Waals surface area contributed by atoms with Gasteiger partial charge in [-0.2, -0.15) is 0 Å². The first-order chi connectivity index (χ1) is 15.0. The molecule has 2 aromatic carbocycles. The average molecular weight is 419 g/mol. The van der Waals surface area contributed by atoms with Gasteiger partial charge in [0.15, 0.2) is 5.82 Å². The van der Waals surface area contributed by atoms with Crippen molar-refractivity contribution < 1.29 is 9.90 Å². The zero-order chi connectivity index (χ0) is 22.0. The van der Waals surface area contributed by atoms with Crippen molar-refractivity contribution in [1.29, 1.82) is 0 Å². The molecule has 31 heavy (non-hydrogen) atoms. The molecule has 3 aromatic rings.